The molecule has 7 nitrogen and oxygen atoms in total. The lowest BCUT2D eigenvalue weighted by Gasteiger charge is -2.12. The molecular formula is C17H15BrCl2N2O5. The van der Waals surface area contributed by atoms with Gasteiger partial charge in [-0.2, -0.15) is 0 Å². The summed E-state index contributed by atoms with van der Waals surface area (Å²) in [5.41, 5.74) is 4.43. The first-order valence-electron chi connectivity index (χ1n) is 7.51. The fourth-order valence-corrected chi connectivity index (χ4v) is 3.21. The number of hydrazine groups is 1. The number of rotatable bonds is 7. The monoisotopic (exact) mass is 476 g/mol. The Morgan fingerprint density at radius 1 is 0.963 bits per heavy atom. The third kappa shape index (κ3) is 6.82. The molecule has 2 rings (SSSR count). The van der Waals surface area contributed by atoms with Crippen LogP contribution in [-0.2, 0) is 9.59 Å². The van der Waals surface area contributed by atoms with Gasteiger partial charge >= 0.3 is 0 Å². The third-order valence-electron chi connectivity index (χ3n) is 3.08. The van der Waals surface area contributed by atoms with Crippen molar-refractivity contribution >= 4 is 50.9 Å². The largest absolute Gasteiger partial charge is 0.497 e. The minimum atomic E-state index is -0.578. The summed E-state index contributed by atoms with van der Waals surface area (Å²) in [6.07, 6.45) is 0. The molecular weight excluding hydrogens is 463 g/mol. The first-order chi connectivity index (χ1) is 12.9. The molecule has 0 bridgehead atoms. The Labute approximate surface area is 174 Å². The van der Waals surface area contributed by atoms with Gasteiger partial charge in [0.1, 0.15) is 11.5 Å². The summed E-state index contributed by atoms with van der Waals surface area (Å²) in [4.78, 5) is 23.5. The maximum atomic E-state index is 11.8. The summed E-state index contributed by atoms with van der Waals surface area (Å²) in [5.74, 6) is 0.315. The lowest BCUT2D eigenvalue weighted by Crippen LogP contribution is -2.45. The van der Waals surface area contributed by atoms with E-state index >= 15 is 0 Å². The number of carbonyl (C=O) groups is 2. The molecule has 0 saturated carbocycles. The number of carbonyl (C=O) groups excluding carboxylic acids is 2. The topological polar surface area (TPSA) is 85.9 Å². The Morgan fingerprint density at radius 3 is 2.07 bits per heavy atom. The molecule has 10 heteroatoms. The molecule has 0 aliphatic rings. The Kier molecular flexibility index (Phi) is 8.02. The highest BCUT2D eigenvalue weighted by atomic mass is 79.9. The minimum Gasteiger partial charge on any atom is -0.497 e. The molecule has 2 N–H and O–H groups in total. The Morgan fingerprint density at radius 2 is 1.52 bits per heavy atom. The maximum absolute atomic E-state index is 11.8. The smallest absolute Gasteiger partial charge is 0.276 e. The predicted octanol–water partition coefficient (Wildman–Crippen LogP) is 3.37. The second-order valence-corrected chi connectivity index (χ2v) is 6.75. The normalized spacial score (nSPS) is 10.1. The molecule has 2 aromatic rings. The van der Waals surface area contributed by atoms with Gasteiger partial charge in [0.25, 0.3) is 11.8 Å². The zero-order valence-corrected chi connectivity index (χ0v) is 17.2. The van der Waals surface area contributed by atoms with Crippen LogP contribution >= 0.6 is 39.1 Å². The molecule has 0 saturated heterocycles. The van der Waals surface area contributed by atoms with Crippen LogP contribution in [0.5, 0.6) is 17.2 Å². The first kappa shape index (κ1) is 21.1. The van der Waals surface area contributed by atoms with E-state index in [0.29, 0.717) is 21.0 Å². The second kappa shape index (κ2) is 10.2. The number of hydrogen-bond donors (Lipinski definition) is 2. The molecule has 27 heavy (non-hydrogen) atoms. The van der Waals surface area contributed by atoms with Crippen LogP contribution in [0.25, 0.3) is 0 Å². The van der Waals surface area contributed by atoms with Crippen molar-refractivity contribution in [3.05, 3.63) is 50.9 Å². The molecule has 0 spiro atoms. The van der Waals surface area contributed by atoms with Gasteiger partial charge in [-0.25, -0.2) is 0 Å². The van der Waals surface area contributed by atoms with E-state index in [4.69, 9.17) is 37.4 Å². The molecule has 2 amide bonds. The van der Waals surface area contributed by atoms with E-state index in [1.165, 1.54) is 6.07 Å². The van der Waals surface area contributed by atoms with E-state index in [9.17, 15) is 9.59 Å². The van der Waals surface area contributed by atoms with E-state index in [1.54, 1.807) is 37.4 Å². The number of nitrogens with one attached hydrogen (secondary N) is 2. The van der Waals surface area contributed by atoms with Gasteiger partial charge in [-0.1, -0.05) is 23.2 Å². The molecule has 0 heterocycles. The summed E-state index contributed by atoms with van der Waals surface area (Å²) in [5, 5.41) is 0.673. The highest BCUT2D eigenvalue weighted by molar-refractivity contribution is 9.10. The molecule has 144 valence electrons. The minimum absolute atomic E-state index is 0.249. The average Bonchev–Trinajstić information content (AvgIpc) is 2.64. The van der Waals surface area contributed by atoms with Gasteiger partial charge in [0.05, 0.1) is 16.6 Å². The van der Waals surface area contributed by atoms with Crippen molar-refractivity contribution in [2.45, 2.75) is 0 Å². The van der Waals surface area contributed by atoms with E-state index in [0.717, 1.165) is 0 Å². The first-order valence-corrected chi connectivity index (χ1v) is 9.06. The number of methoxy groups -OCH3 is 1. The molecule has 2 aromatic carbocycles. The molecule has 0 aliphatic heterocycles. The van der Waals surface area contributed by atoms with E-state index in [1.807, 2.05) is 0 Å². The van der Waals surface area contributed by atoms with Crippen LogP contribution < -0.4 is 25.1 Å². The van der Waals surface area contributed by atoms with Crippen LogP contribution in [0.15, 0.2) is 40.9 Å². The number of benzene rings is 2. The van der Waals surface area contributed by atoms with Crippen molar-refractivity contribution in [3.63, 3.8) is 0 Å². The summed E-state index contributed by atoms with van der Waals surface area (Å²) in [6, 6.07) is 9.79. The molecule has 0 aliphatic carbocycles. The van der Waals surface area contributed by atoms with Gasteiger partial charge < -0.3 is 14.2 Å². The lowest BCUT2D eigenvalue weighted by molar-refractivity contribution is -0.131. The van der Waals surface area contributed by atoms with E-state index < -0.39 is 11.8 Å². The van der Waals surface area contributed by atoms with Crippen LogP contribution in [0.1, 0.15) is 0 Å². The van der Waals surface area contributed by atoms with E-state index in [2.05, 4.69) is 26.8 Å². The van der Waals surface area contributed by atoms with Crippen LogP contribution in [0.4, 0.5) is 0 Å². The van der Waals surface area contributed by atoms with Gasteiger partial charge in [-0.05, 0) is 52.3 Å². The Bertz CT molecular complexity index is 794. The number of hydrogen-bond acceptors (Lipinski definition) is 5. The van der Waals surface area contributed by atoms with Crippen LogP contribution in [-0.4, -0.2) is 32.1 Å². The van der Waals surface area contributed by atoms with Gasteiger partial charge in [-0.15, -0.1) is 0 Å². The number of ether oxygens (including phenoxy) is 3. The molecule has 0 atom stereocenters. The van der Waals surface area contributed by atoms with Crippen LogP contribution in [0, 0.1) is 0 Å². The second-order valence-electron chi connectivity index (χ2n) is 5.05. The van der Waals surface area contributed by atoms with Crippen LogP contribution in [0.3, 0.4) is 0 Å². The molecule has 0 radical (unpaired) electrons. The van der Waals surface area contributed by atoms with Gasteiger partial charge in [0.2, 0.25) is 0 Å². The summed E-state index contributed by atoms with van der Waals surface area (Å²) in [7, 11) is 1.55. The average molecular weight is 478 g/mol. The van der Waals surface area contributed by atoms with Crippen molar-refractivity contribution in [3.8, 4) is 17.2 Å². The molecule has 0 fully saturated rings. The SMILES string of the molecule is COc1ccc(OCC(=O)NNC(=O)COc2c(Cl)cc(Cl)cc2Br)cc1. The fourth-order valence-electron chi connectivity index (χ4n) is 1.84. The zero-order chi connectivity index (χ0) is 19.8. The van der Waals surface area contributed by atoms with Crippen LogP contribution in [0.2, 0.25) is 10.0 Å². The third-order valence-corrected chi connectivity index (χ3v) is 4.17. The number of amides is 2. The highest BCUT2D eigenvalue weighted by Gasteiger charge is 2.12. The maximum Gasteiger partial charge on any atom is 0.276 e. The molecule has 0 unspecified atom stereocenters. The fraction of sp³-hybridized carbons (Fsp3) is 0.176. The van der Waals surface area contributed by atoms with Crippen molar-refractivity contribution in [1.29, 1.82) is 0 Å². The highest BCUT2D eigenvalue weighted by Crippen LogP contribution is 2.35. The van der Waals surface area contributed by atoms with Gasteiger partial charge in [0.15, 0.2) is 19.0 Å². The summed E-state index contributed by atoms with van der Waals surface area (Å²) >= 11 is 15.1. The van der Waals surface area contributed by atoms with E-state index in [-0.39, 0.29) is 24.0 Å². The number of halogens is 3. The predicted molar refractivity (Wildman–Crippen MR) is 104 cm³/mol. The van der Waals surface area contributed by atoms with Crippen molar-refractivity contribution in [2.24, 2.45) is 0 Å². The van der Waals surface area contributed by atoms with Crippen molar-refractivity contribution in [1.82, 2.24) is 10.9 Å². The summed E-state index contributed by atoms with van der Waals surface area (Å²) < 4.78 is 16.1. The molecule has 0 aromatic heterocycles. The van der Waals surface area contributed by atoms with Gasteiger partial charge in [0, 0.05) is 5.02 Å². The Balaban J connectivity index is 1.72. The van der Waals surface area contributed by atoms with Crippen molar-refractivity contribution < 1.29 is 23.8 Å². The quantitative estimate of drug-likeness (QED) is 0.597. The van der Waals surface area contributed by atoms with Crippen molar-refractivity contribution in [2.75, 3.05) is 20.3 Å². The zero-order valence-electron chi connectivity index (χ0n) is 14.1. The van der Waals surface area contributed by atoms with Gasteiger partial charge in [-0.3, -0.25) is 20.4 Å². The summed E-state index contributed by atoms with van der Waals surface area (Å²) in [6.45, 7) is -0.637. The standard InChI is InChI=1S/C17H15BrCl2N2O5/c1-25-11-2-4-12(5-3-11)26-8-15(23)21-22-16(24)9-27-17-13(18)6-10(19)7-14(17)20/h2-7H,8-9H2,1H3,(H,21,23)(H,22,24). The lowest BCUT2D eigenvalue weighted by atomic mass is 10.3. The Hall–Kier alpha value is -2.16.